The van der Waals surface area contributed by atoms with Crippen molar-refractivity contribution in [2.75, 3.05) is 0 Å². The number of hydrogen-bond acceptors (Lipinski definition) is 5. The highest BCUT2D eigenvalue weighted by molar-refractivity contribution is 7.10. The predicted octanol–water partition coefficient (Wildman–Crippen LogP) is 2.61. The zero-order valence-electron chi connectivity index (χ0n) is 9.54. The van der Waals surface area contributed by atoms with Gasteiger partial charge in [0, 0.05) is 10.9 Å². The Balaban J connectivity index is 2.33. The second kappa shape index (κ2) is 5.01. The monoisotopic (exact) mass is 262 g/mol. The van der Waals surface area contributed by atoms with Gasteiger partial charge in [0.15, 0.2) is 5.78 Å². The van der Waals surface area contributed by atoms with Crippen LogP contribution in [0.15, 0.2) is 38.9 Å². The fraction of sp³-hybridized carbons (Fsp3) is 0.0769. The van der Waals surface area contributed by atoms with Crippen molar-refractivity contribution in [2.24, 2.45) is 0 Å². The van der Waals surface area contributed by atoms with Gasteiger partial charge in [-0.2, -0.15) is 0 Å². The number of allylic oxidation sites excluding steroid dienone is 1. The number of carbonyl (C=O) groups excluding carboxylic acids is 1. The van der Waals surface area contributed by atoms with Crippen molar-refractivity contribution in [2.45, 2.75) is 6.92 Å². The van der Waals surface area contributed by atoms with Gasteiger partial charge in [0.25, 0.3) is 0 Å². The first-order valence-electron chi connectivity index (χ1n) is 5.17. The van der Waals surface area contributed by atoms with Crippen LogP contribution in [0.25, 0.3) is 6.08 Å². The zero-order chi connectivity index (χ0) is 13.1. The Labute approximate surface area is 107 Å². The van der Waals surface area contributed by atoms with Crippen LogP contribution >= 0.6 is 11.3 Å². The van der Waals surface area contributed by atoms with Crippen LogP contribution in [-0.4, -0.2) is 10.9 Å². The molecule has 0 aliphatic heterocycles. The maximum atomic E-state index is 11.8. The third-order valence-corrected chi connectivity index (χ3v) is 3.08. The van der Waals surface area contributed by atoms with Crippen LogP contribution in [0.5, 0.6) is 5.75 Å². The SMILES string of the molecule is Cc1cc(O)c(C(=O)/C=C\c2cccs2)c(=O)o1. The number of aryl methyl sites for hydroxylation is 1. The molecule has 0 radical (unpaired) electrons. The third-order valence-electron chi connectivity index (χ3n) is 2.24. The molecule has 0 aromatic carbocycles. The second-order valence-corrected chi connectivity index (χ2v) is 4.60. The molecule has 92 valence electrons. The summed E-state index contributed by atoms with van der Waals surface area (Å²) in [6.45, 7) is 1.52. The number of hydrogen-bond donors (Lipinski definition) is 1. The van der Waals surface area contributed by atoms with Crippen LogP contribution in [-0.2, 0) is 0 Å². The highest BCUT2D eigenvalue weighted by Crippen LogP contribution is 2.16. The molecule has 4 nitrogen and oxygen atoms in total. The molecule has 18 heavy (non-hydrogen) atoms. The highest BCUT2D eigenvalue weighted by Gasteiger charge is 2.15. The molecule has 0 amide bonds. The van der Waals surface area contributed by atoms with Crippen molar-refractivity contribution in [1.29, 1.82) is 0 Å². The minimum atomic E-state index is -0.826. The lowest BCUT2D eigenvalue weighted by Crippen LogP contribution is -2.12. The van der Waals surface area contributed by atoms with Crippen molar-refractivity contribution in [3.05, 3.63) is 56.3 Å². The Hall–Kier alpha value is -2.14. The van der Waals surface area contributed by atoms with Crippen molar-refractivity contribution in [1.82, 2.24) is 0 Å². The number of aromatic hydroxyl groups is 1. The molecule has 0 aliphatic carbocycles. The topological polar surface area (TPSA) is 67.5 Å². The van der Waals surface area contributed by atoms with E-state index in [-0.39, 0.29) is 17.1 Å². The van der Waals surface area contributed by atoms with Gasteiger partial charge in [-0.1, -0.05) is 6.07 Å². The van der Waals surface area contributed by atoms with Crippen LogP contribution in [0.1, 0.15) is 21.0 Å². The number of carbonyl (C=O) groups is 1. The van der Waals surface area contributed by atoms with Crippen molar-refractivity contribution in [3.8, 4) is 5.75 Å². The average Bonchev–Trinajstić information content (AvgIpc) is 2.77. The summed E-state index contributed by atoms with van der Waals surface area (Å²) < 4.78 is 4.78. The lowest BCUT2D eigenvalue weighted by Gasteiger charge is -1.99. The summed E-state index contributed by atoms with van der Waals surface area (Å²) in [5.41, 5.74) is -1.17. The fourth-order valence-electron chi connectivity index (χ4n) is 1.45. The highest BCUT2D eigenvalue weighted by atomic mass is 32.1. The van der Waals surface area contributed by atoms with E-state index in [9.17, 15) is 14.7 Å². The zero-order valence-corrected chi connectivity index (χ0v) is 10.4. The molecule has 0 spiro atoms. The van der Waals surface area contributed by atoms with Gasteiger partial charge in [-0.15, -0.1) is 11.3 Å². The molecule has 1 N–H and O–H groups in total. The molecule has 5 heteroatoms. The van der Waals surface area contributed by atoms with E-state index >= 15 is 0 Å². The largest absolute Gasteiger partial charge is 0.507 e. The van der Waals surface area contributed by atoms with E-state index in [4.69, 9.17) is 4.42 Å². The summed E-state index contributed by atoms with van der Waals surface area (Å²) in [6.07, 6.45) is 2.83. The van der Waals surface area contributed by atoms with Gasteiger partial charge in [0.1, 0.15) is 17.1 Å². The van der Waals surface area contributed by atoms with E-state index in [2.05, 4.69) is 0 Å². The van der Waals surface area contributed by atoms with Crippen LogP contribution in [0.4, 0.5) is 0 Å². The summed E-state index contributed by atoms with van der Waals surface area (Å²) in [5.74, 6) is -0.671. The first kappa shape index (κ1) is 12.3. The molecular formula is C13H10O4S. The summed E-state index contributed by atoms with van der Waals surface area (Å²) in [7, 11) is 0. The molecule has 2 heterocycles. The Bertz CT molecular complexity index is 650. The molecule has 2 aromatic heterocycles. The minimum absolute atomic E-state index is 0.260. The van der Waals surface area contributed by atoms with Gasteiger partial charge in [0.2, 0.25) is 0 Å². The van der Waals surface area contributed by atoms with E-state index in [1.54, 1.807) is 6.08 Å². The second-order valence-electron chi connectivity index (χ2n) is 3.62. The van der Waals surface area contributed by atoms with Gasteiger partial charge in [0.05, 0.1) is 0 Å². The Morgan fingerprint density at radius 2 is 2.28 bits per heavy atom. The smallest absolute Gasteiger partial charge is 0.351 e. The molecule has 0 atom stereocenters. The molecule has 2 aromatic rings. The summed E-state index contributed by atoms with van der Waals surface area (Å²) >= 11 is 1.47. The lowest BCUT2D eigenvalue weighted by atomic mass is 10.1. The van der Waals surface area contributed by atoms with E-state index in [1.165, 1.54) is 30.4 Å². The average molecular weight is 262 g/mol. The van der Waals surface area contributed by atoms with Crippen LogP contribution in [0, 0.1) is 6.92 Å². The maximum absolute atomic E-state index is 11.8. The molecule has 0 unspecified atom stereocenters. The Morgan fingerprint density at radius 1 is 1.50 bits per heavy atom. The summed E-state index contributed by atoms with van der Waals surface area (Å²) in [4.78, 5) is 24.2. The maximum Gasteiger partial charge on any atom is 0.351 e. The van der Waals surface area contributed by atoms with Crippen molar-refractivity contribution >= 4 is 23.2 Å². The van der Waals surface area contributed by atoms with E-state index in [0.29, 0.717) is 0 Å². The molecule has 0 saturated heterocycles. The van der Waals surface area contributed by atoms with Crippen LogP contribution < -0.4 is 5.63 Å². The van der Waals surface area contributed by atoms with Gasteiger partial charge in [-0.25, -0.2) is 4.79 Å². The standard InChI is InChI=1S/C13H10O4S/c1-8-7-11(15)12(13(16)17-8)10(14)5-4-9-3-2-6-18-9/h2-7,15H,1H3/b5-4-. The van der Waals surface area contributed by atoms with Crippen LogP contribution in [0.3, 0.4) is 0 Å². The Morgan fingerprint density at radius 3 is 2.89 bits per heavy atom. The third kappa shape index (κ3) is 2.57. The first-order valence-corrected chi connectivity index (χ1v) is 6.05. The molecular weight excluding hydrogens is 252 g/mol. The van der Waals surface area contributed by atoms with Gasteiger partial charge >= 0.3 is 5.63 Å². The predicted molar refractivity (Wildman–Crippen MR) is 69.1 cm³/mol. The summed E-state index contributed by atoms with van der Waals surface area (Å²) in [6, 6.07) is 4.94. The Kier molecular flexibility index (Phi) is 3.43. The molecule has 0 saturated carbocycles. The van der Waals surface area contributed by atoms with Gasteiger partial charge in [-0.05, 0) is 30.5 Å². The minimum Gasteiger partial charge on any atom is -0.507 e. The molecule has 0 bridgehead atoms. The normalized spacial score (nSPS) is 10.9. The first-order chi connectivity index (χ1) is 8.58. The molecule has 2 rings (SSSR count). The summed E-state index contributed by atoms with van der Waals surface area (Å²) in [5, 5.41) is 11.5. The quantitative estimate of drug-likeness (QED) is 0.682. The van der Waals surface area contributed by atoms with Crippen LogP contribution in [0.2, 0.25) is 0 Å². The molecule has 0 aliphatic rings. The van der Waals surface area contributed by atoms with Gasteiger partial charge in [-0.3, -0.25) is 4.79 Å². The number of ketones is 1. The van der Waals surface area contributed by atoms with E-state index < -0.39 is 11.4 Å². The number of thiophene rings is 1. The number of rotatable bonds is 3. The van der Waals surface area contributed by atoms with Crippen molar-refractivity contribution in [3.63, 3.8) is 0 Å². The molecule has 0 fully saturated rings. The lowest BCUT2D eigenvalue weighted by molar-refractivity contribution is 0.104. The van der Waals surface area contributed by atoms with E-state index in [1.807, 2.05) is 17.5 Å². The van der Waals surface area contributed by atoms with E-state index in [0.717, 1.165) is 4.88 Å². The van der Waals surface area contributed by atoms with Gasteiger partial charge < -0.3 is 9.52 Å². The van der Waals surface area contributed by atoms with Crippen molar-refractivity contribution < 1.29 is 14.3 Å². The fourth-order valence-corrected chi connectivity index (χ4v) is 2.07.